The minimum Gasteiger partial charge on any atom is -0.341 e. The van der Waals surface area contributed by atoms with Gasteiger partial charge in [0.05, 0.1) is 16.7 Å². The van der Waals surface area contributed by atoms with Crippen LogP contribution in [-0.2, 0) is 17.9 Å². The van der Waals surface area contributed by atoms with Gasteiger partial charge in [0.25, 0.3) is 5.56 Å². The van der Waals surface area contributed by atoms with Gasteiger partial charge in [0.15, 0.2) is 5.16 Å². The summed E-state index contributed by atoms with van der Waals surface area (Å²) < 4.78 is 17.3. The normalized spacial score (nSPS) is 11.3. The maximum absolute atomic E-state index is 13.9. The number of hydrogen-bond donors (Lipinski definition) is 0. The highest BCUT2D eigenvalue weighted by atomic mass is 32.2. The molecule has 0 unspecified atom stereocenters. The van der Waals surface area contributed by atoms with Crippen LogP contribution in [0.25, 0.3) is 16.7 Å². The number of nitrogens with zero attached hydrogens (tertiary/aromatic N) is 5. The summed E-state index contributed by atoms with van der Waals surface area (Å²) >= 11 is 1.24. The Kier molecular flexibility index (Phi) is 6.03. The number of thioether (sulfide) groups is 1. The van der Waals surface area contributed by atoms with Crippen molar-refractivity contribution in [1.29, 1.82) is 0 Å². The first-order valence-corrected chi connectivity index (χ1v) is 11.0. The number of aryl methyl sites for hydroxylation is 1. The highest BCUT2D eigenvalue weighted by Gasteiger charge is 2.18. The molecule has 0 atom stereocenters. The molecule has 0 bridgehead atoms. The van der Waals surface area contributed by atoms with Gasteiger partial charge >= 0.3 is 0 Å². The van der Waals surface area contributed by atoms with Gasteiger partial charge < -0.3 is 4.90 Å². The van der Waals surface area contributed by atoms with E-state index in [9.17, 15) is 14.0 Å². The third-order valence-electron chi connectivity index (χ3n) is 5.04. The molecule has 31 heavy (non-hydrogen) atoms. The standard InChI is InChI=1S/C22H22FN5O2S/c1-3-12-27-20(30)16-9-5-7-11-18(16)28-21(27)24-25-22(28)31-14-19(29)26(2)13-15-8-4-6-10-17(15)23/h4-11H,3,12-14H2,1-2H3. The summed E-state index contributed by atoms with van der Waals surface area (Å²) in [6.45, 7) is 2.71. The molecule has 160 valence electrons. The van der Waals surface area contributed by atoms with Crippen LogP contribution in [0.3, 0.4) is 0 Å². The van der Waals surface area contributed by atoms with E-state index in [4.69, 9.17) is 0 Å². The summed E-state index contributed by atoms with van der Waals surface area (Å²) in [7, 11) is 1.64. The maximum Gasteiger partial charge on any atom is 0.262 e. The maximum atomic E-state index is 13.9. The number of rotatable bonds is 7. The Morgan fingerprint density at radius 3 is 2.65 bits per heavy atom. The molecule has 0 radical (unpaired) electrons. The molecule has 0 N–H and O–H groups in total. The number of aromatic nitrogens is 4. The van der Waals surface area contributed by atoms with Crippen molar-refractivity contribution in [1.82, 2.24) is 24.1 Å². The Morgan fingerprint density at radius 2 is 1.87 bits per heavy atom. The molecule has 2 heterocycles. The molecule has 7 nitrogen and oxygen atoms in total. The van der Waals surface area contributed by atoms with Crippen LogP contribution in [0.2, 0.25) is 0 Å². The summed E-state index contributed by atoms with van der Waals surface area (Å²) in [4.78, 5) is 27.0. The first kappa shape index (κ1) is 21.0. The lowest BCUT2D eigenvalue weighted by molar-refractivity contribution is -0.127. The number of amides is 1. The Balaban J connectivity index is 1.61. The Labute approximate surface area is 182 Å². The smallest absolute Gasteiger partial charge is 0.262 e. The van der Waals surface area contributed by atoms with Crippen LogP contribution in [0.4, 0.5) is 4.39 Å². The van der Waals surface area contributed by atoms with Crippen LogP contribution in [0.1, 0.15) is 18.9 Å². The third kappa shape index (κ3) is 4.05. The lowest BCUT2D eigenvalue weighted by Crippen LogP contribution is -2.28. The zero-order valence-corrected chi connectivity index (χ0v) is 18.1. The van der Waals surface area contributed by atoms with Crippen molar-refractivity contribution in [3.05, 3.63) is 70.3 Å². The van der Waals surface area contributed by atoms with Crippen molar-refractivity contribution in [2.45, 2.75) is 31.6 Å². The van der Waals surface area contributed by atoms with Gasteiger partial charge in [0.1, 0.15) is 5.82 Å². The summed E-state index contributed by atoms with van der Waals surface area (Å²) in [5.74, 6) is 0.0856. The highest BCUT2D eigenvalue weighted by molar-refractivity contribution is 7.99. The van der Waals surface area contributed by atoms with Gasteiger partial charge in [-0.05, 0) is 24.6 Å². The fourth-order valence-corrected chi connectivity index (χ4v) is 4.34. The van der Waals surface area contributed by atoms with E-state index in [-0.39, 0.29) is 29.6 Å². The molecule has 0 fully saturated rings. The molecule has 9 heteroatoms. The van der Waals surface area contributed by atoms with Gasteiger partial charge in [0.2, 0.25) is 11.7 Å². The Morgan fingerprint density at radius 1 is 1.13 bits per heavy atom. The van der Waals surface area contributed by atoms with Crippen molar-refractivity contribution >= 4 is 34.3 Å². The van der Waals surface area contributed by atoms with E-state index in [1.165, 1.54) is 22.7 Å². The van der Waals surface area contributed by atoms with Crippen LogP contribution in [0.5, 0.6) is 0 Å². The molecule has 0 saturated heterocycles. The lowest BCUT2D eigenvalue weighted by atomic mass is 10.2. The highest BCUT2D eigenvalue weighted by Crippen LogP contribution is 2.22. The van der Waals surface area contributed by atoms with Crippen molar-refractivity contribution in [3.8, 4) is 0 Å². The van der Waals surface area contributed by atoms with Crippen LogP contribution >= 0.6 is 11.8 Å². The molecule has 2 aromatic heterocycles. The Hall–Kier alpha value is -3.20. The van der Waals surface area contributed by atoms with Crippen molar-refractivity contribution in [2.75, 3.05) is 12.8 Å². The molecular formula is C22H22FN5O2S. The zero-order valence-electron chi connectivity index (χ0n) is 17.3. The van der Waals surface area contributed by atoms with E-state index in [0.29, 0.717) is 33.9 Å². The van der Waals surface area contributed by atoms with Gasteiger partial charge in [-0.25, -0.2) is 4.39 Å². The lowest BCUT2D eigenvalue weighted by Gasteiger charge is -2.17. The fraction of sp³-hybridized carbons (Fsp3) is 0.273. The van der Waals surface area contributed by atoms with Crippen LogP contribution in [0.15, 0.2) is 58.5 Å². The third-order valence-corrected chi connectivity index (χ3v) is 5.95. The summed E-state index contributed by atoms with van der Waals surface area (Å²) in [6.07, 6.45) is 0.780. The molecule has 0 saturated carbocycles. The number of carbonyl (C=O) groups is 1. The minimum atomic E-state index is -0.335. The first-order chi connectivity index (χ1) is 15.0. The quantitative estimate of drug-likeness (QED) is 0.413. The van der Waals surface area contributed by atoms with Gasteiger partial charge in [-0.3, -0.25) is 18.6 Å². The van der Waals surface area contributed by atoms with E-state index in [2.05, 4.69) is 10.2 Å². The largest absolute Gasteiger partial charge is 0.341 e. The number of hydrogen-bond acceptors (Lipinski definition) is 5. The summed E-state index contributed by atoms with van der Waals surface area (Å²) in [5, 5.41) is 9.58. The molecule has 4 rings (SSSR count). The first-order valence-electron chi connectivity index (χ1n) is 9.98. The second-order valence-electron chi connectivity index (χ2n) is 7.22. The van der Waals surface area contributed by atoms with Crippen LogP contribution in [0, 0.1) is 5.82 Å². The summed E-state index contributed by atoms with van der Waals surface area (Å²) in [6, 6.07) is 13.7. The van der Waals surface area contributed by atoms with Gasteiger partial charge in [0, 0.05) is 25.7 Å². The number of fused-ring (bicyclic) bond motifs is 3. The second kappa shape index (κ2) is 8.89. The predicted molar refractivity (Wildman–Crippen MR) is 119 cm³/mol. The zero-order chi connectivity index (χ0) is 22.0. The average Bonchev–Trinajstić information content (AvgIpc) is 3.20. The molecule has 1 amide bonds. The fourth-order valence-electron chi connectivity index (χ4n) is 3.46. The van der Waals surface area contributed by atoms with E-state index >= 15 is 0 Å². The van der Waals surface area contributed by atoms with Crippen LogP contribution in [-0.4, -0.2) is 42.8 Å². The van der Waals surface area contributed by atoms with E-state index in [1.807, 2.05) is 29.5 Å². The summed E-state index contributed by atoms with van der Waals surface area (Å²) in [5.41, 5.74) is 1.06. The monoisotopic (exact) mass is 439 g/mol. The van der Waals surface area contributed by atoms with E-state index in [1.54, 1.807) is 35.9 Å². The van der Waals surface area contributed by atoms with Gasteiger partial charge in [-0.2, -0.15) is 0 Å². The predicted octanol–water partition coefficient (Wildman–Crippen LogP) is 3.34. The molecule has 0 spiro atoms. The van der Waals surface area contributed by atoms with E-state index < -0.39 is 0 Å². The van der Waals surface area contributed by atoms with Gasteiger partial charge in [-0.15, -0.1) is 10.2 Å². The molecular weight excluding hydrogens is 417 g/mol. The number of carbonyl (C=O) groups excluding carboxylic acids is 1. The topological polar surface area (TPSA) is 72.5 Å². The molecule has 4 aromatic rings. The second-order valence-corrected chi connectivity index (χ2v) is 8.16. The van der Waals surface area contributed by atoms with E-state index in [0.717, 1.165) is 6.42 Å². The number of halogens is 1. The van der Waals surface area contributed by atoms with Crippen LogP contribution < -0.4 is 5.56 Å². The average molecular weight is 440 g/mol. The van der Waals surface area contributed by atoms with Crippen molar-refractivity contribution in [3.63, 3.8) is 0 Å². The molecule has 0 aliphatic carbocycles. The SMILES string of the molecule is CCCn1c(=O)c2ccccc2n2c(SCC(=O)N(C)Cc3ccccc3F)nnc12. The van der Waals surface area contributed by atoms with Gasteiger partial charge in [-0.1, -0.05) is 49.0 Å². The molecule has 0 aliphatic heterocycles. The number of benzene rings is 2. The number of para-hydroxylation sites is 1. The van der Waals surface area contributed by atoms with Crippen molar-refractivity contribution < 1.29 is 9.18 Å². The molecule has 0 aliphatic rings. The van der Waals surface area contributed by atoms with Crippen molar-refractivity contribution in [2.24, 2.45) is 0 Å². The minimum absolute atomic E-state index is 0.102. The molecule has 2 aromatic carbocycles. The Bertz CT molecular complexity index is 1320.